The van der Waals surface area contributed by atoms with Gasteiger partial charge in [0.25, 0.3) is 0 Å². The normalized spacial score (nSPS) is 9.71. The van der Waals surface area contributed by atoms with Crippen molar-refractivity contribution in [3.05, 3.63) is 52.5 Å². The minimum Gasteiger partial charge on any atom is -0.406 e. The van der Waals surface area contributed by atoms with E-state index in [1.807, 2.05) is 36.4 Å². The van der Waals surface area contributed by atoms with Crippen molar-refractivity contribution in [2.24, 2.45) is 0 Å². The molecule has 0 heterocycles. The lowest BCUT2D eigenvalue weighted by Crippen LogP contribution is -1.89. The second-order valence-corrected chi connectivity index (χ2v) is 4.11. The van der Waals surface area contributed by atoms with Gasteiger partial charge in [-0.3, -0.25) is 0 Å². The van der Waals surface area contributed by atoms with Gasteiger partial charge in [0.05, 0.1) is 5.02 Å². The highest BCUT2D eigenvalue weighted by atomic mass is 35.5. The van der Waals surface area contributed by atoms with E-state index in [4.69, 9.17) is 34.4 Å². The van der Waals surface area contributed by atoms with Crippen LogP contribution in [-0.2, 0) is 0 Å². The van der Waals surface area contributed by atoms with Crippen molar-refractivity contribution in [2.75, 3.05) is 0 Å². The van der Waals surface area contributed by atoms with Crippen LogP contribution >= 0.6 is 23.2 Å². The van der Waals surface area contributed by atoms with Gasteiger partial charge < -0.3 is 4.74 Å². The lowest BCUT2D eigenvalue weighted by Gasteiger charge is -2.10. The van der Waals surface area contributed by atoms with E-state index in [9.17, 15) is 0 Å². The van der Waals surface area contributed by atoms with Gasteiger partial charge in [0, 0.05) is 5.56 Å². The van der Waals surface area contributed by atoms with Crippen LogP contribution in [0.15, 0.2) is 42.5 Å². The van der Waals surface area contributed by atoms with Gasteiger partial charge in [0.15, 0.2) is 5.75 Å². The molecule has 0 saturated carbocycles. The van der Waals surface area contributed by atoms with Crippen LogP contribution in [0, 0.1) is 12.5 Å². The Hall–Kier alpha value is -1.62. The summed E-state index contributed by atoms with van der Waals surface area (Å²) in [5.41, 5.74) is 1.79. The fourth-order valence-corrected chi connectivity index (χ4v) is 1.89. The Labute approximate surface area is 110 Å². The van der Waals surface area contributed by atoms with Gasteiger partial charge in [-0.25, -0.2) is 0 Å². The number of halogens is 2. The number of hydrogen-bond acceptors (Lipinski definition) is 1. The smallest absolute Gasteiger partial charge is 0.168 e. The molecule has 0 spiro atoms. The fraction of sp³-hybridized carbons (Fsp3) is 0. The summed E-state index contributed by atoms with van der Waals surface area (Å²) in [7, 11) is 0. The zero-order chi connectivity index (χ0) is 12.3. The Kier molecular flexibility index (Phi) is 3.58. The molecule has 0 radical (unpaired) electrons. The zero-order valence-corrected chi connectivity index (χ0v) is 10.3. The summed E-state index contributed by atoms with van der Waals surface area (Å²) in [5.74, 6) is 0.410. The van der Waals surface area contributed by atoms with Gasteiger partial charge in [-0.15, -0.1) is 0 Å². The molecule has 2 aromatic rings. The third-order valence-corrected chi connectivity index (χ3v) is 3.08. The van der Waals surface area contributed by atoms with Crippen molar-refractivity contribution in [1.29, 1.82) is 0 Å². The number of hydrogen-bond donors (Lipinski definition) is 0. The van der Waals surface area contributed by atoms with Gasteiger partial charge in [0.1, 0.15) is 11.1 Å². The molecular formula is C14H8Cl2O. The number of benzene rings is 2. The molecular weight excluding hydrogens is 255 g/mol. The molecule has 0 fully saturated rings. The molecule has 17 heavy (non-hydrogen) atoms. The molecule has 3 heteroatoms. The maximum Gasteiger partial charge on any atom is 0.168 e. The topological polar surface area (TPSA) is 9.23 Å². The average molecular weight is 263 g/mol. The third-order valence-electron chi connectivity index (χ3n) is 2.30. The van der Waals surface area contributed by atoms with E-state index in [-0.39, 0.29) is 0 Å². The molecule has 0 amide bonds. The Balaban J connectivity index is 2.63. The van der Waals surface area contributed by atoms with E-state index in [0.717, 1.165) is 11.1 Å². The minimum atomic E-state index is 0.325. The zero-order valence-electron chi connectivity index (χ0n) is 8.78. The Morgan fingerprint density at radius 3 is 2.35 bits per heavy atom. The van der Waals surface area contributed by atoms with Crippen molar-refractivity contribution in [3.63, 3.8) is 0 Å². The van der Waals surface area contributed by atoms with E-state index in [1.54, 1.807) is 6.07 Å². The lowest BCUT2D eigenvalue weighted by molar-refractivity contribution is 0.523. The van der Waals surface area contributed by atoms with Crippen molar-refractivity contribution < 1.29 is 4.74 Å². The highest BCUT2D eigenvalue weighted by Gasteiger charge is 2.13. The quantitative estimate of drug-likeness (QED) is 0.718. The van der Waals surface area contributed by atoms with Gasteiger partial charge in [0.2, 0.25) is 0 Å². The third kappa shape index (κ3) is 2.39. The van der Waals surface area contributed by atoms with E-state index in [0.29, 0.717) is 15.8 Å². The summed E-state index contributed by atoms with van der Waals surface area (Å²) in [5, 5.41) is 0.738. The SMILES string of the molecule is C#COc1c(-c2ccccc2)ccc(Cl)c1Cl. The molecule has 0 N–H and O–H groups in total. The first kappa shape index (κ1) is 11.9. The van der Waals surface area contributed by atoms with Gasteiger partial charge in [-0.1, -0.05) is 60.0 Å². The maximum absolute atomic E-state index is 6.07. The molecule has 0 aromatic heterocycles. The summed E-state index contributed by atoms with van der Waals surface area (Å²) in [6.45, 7) is 0. The van der Waals surface area contributed by atoms with Crippen LogP contribution in [0.25, 0.3) is 11.1 Å². The fourth-order valence-electron chi connectivity index (χ4n) is 1.54. The molecule has 1 nitrogen and oxygen atoms in total. The number of terminal acetylenes is 1. The highest BCUT2D eigenvalue weighted by molar-refractivity contribution is 6.43. The average Bonchev–Trinajstić information content (AvgIpc) is 2.36. The van der Waals surface area contributed by atoms with Crippen molar-refractivity contribution >= 4 is 23.2 Å². The minimum absolute atomic E-state index is 0.325. The van der Waals surface area contributed by atoms with Gasteiger partial charge in [-0.2, -0.15) is 0 Å². The monoisotopic (exact) mass is 262 g/mol. The van der Waals surface area contributed by atoms with Crippen LogP contribution in [0.5, 0.6) is 5.75 Å². The molecule has 0 saturated heterocycles. The first-order valence-electron chi connectivity index (χ1n) is 4.90. The largest absolute Gasteiger partial charge is 0.406 e. The summed E-state index contributed by atoms with van der Waals surface area (Å²) in [4.78, 5) is 0. The first-order valence-corrected chi connectivity index (χ1v) is 5.65. The number of ether oxygens (including phenoxy) is 1. The lowest BCUT2D eigenvalue weighted by atomic mass is 10.0. The molecule has 0 bridgehead atoms. The molecule has 0 atom stereocenters. The van der Waals surface area contributed by atoms with E-state index < -0.39 is 0 Å². The first-order chi connectivity index (χ1) is 8.24. The van der Waals surface area contributed by atoms with Crippen molar-refractivity contribution in [3.8, 4) is 29.4 Å². The van der Waals surface area contributed by atoms with Crippen LogP contribution in [0.2, 0.25) is 10.0 Å². The van der Waals surface area contributed by atoms with Crippen molar-refractivity contribution in [2.45, 2.75) is 0 Å². The molecule has 0 aliphatic rings. The second-order valence-electron chi connectivity index (χ2n) is 3.32. The van der Waals surface area contributed by atoms with E-state index in [2.05, 4.69) is 6.11 Å². The summed E-state index contributed by atoms with van der Waals surface area (Å²) in [6, 6.07) is 13.2. The summed E-state index contributed by atoms with van der Waals surface area (Å²) >= 11 is 12.0. The van der Waals surface area contributed by atoms with Crippen LogP contribution in [0.3, 0.4) is 0 Å². The molecule has 0 aliphatic carbocycles. The van der Waals surface area contributed by atoms with E-state index in [1.165, 1.54) is 0 Å². The van der Waals surface area contributed by atoms with E-state index >= 15 is 0 Å². The molecule has 84 valence electrons. The predicted octanol–water partition coefficient (Wildman–Crippen LogP) is 4.63. The molecule has 0 unspecified atom stereocenters. The Morgan fingerprint density at radius 1 is 1.00 bits per heavy atom. The van der Waals surface area contributed by atoms with Crippen LogP contribution < -0.4 is 4.74 Å². The van der Waals surface area contributed by atoms with Crippen LogP contribution in [0.1, 0.15) is 0 Å². The summed E-state index contributed by atoms with van der Waals surface area (Å²) in [6.07, 6.45) is 7.27. The maximum atomic E-state index is 6.07. The molecule has 0 aliphatic heterocycles. The molecule has 2 rings (SSSR count). The standard InChI is InChI=1S/C14H8Cl2O/c1-2-17-14-11(8-9-12(15)13(14)16)10-6-4-3-5-7-10/h1,3-9H. The Morgan fingerprint density at radius 2 is 1.71 bits per heavy atom. The van der Waals surface area contributed by atoms with Gasteiger partial charge >= 0.3 is 0 Å². The predicted molar refractivity (Wildman–Crippen MR) is 71.4 cm³/mol. The summed E-state index contributed by atoms with van der Waals surface area (Å²) < 4.78 is 5.11. The highest BCUT2D eigenvalue weighted by Crippen LogP contribution is 2.40. The molecule has 2 aromatic carbocycles. The second kappa shape index (κ2) is 5.14. The Bertz CT molecular complexity index is 571. The van der Waals surface area contributed by atoms with Crippen LogP contribution in [-0.4, -0.2) is 0 Å². The van der Waals surface area contributed by atoms with Crippen LogP contribution in [0.4, 0.5) is 0 Å². The number of rotatable bonds is 2. The van der Waals surface area contributed by atoms with Crippen molar-refractivity contribution in [1.82, 2.24) is 0 Å². The van der Waals surface area contributed by atoms with Gasteiger partial charge in [-0.05, 0) is 17.7 Å².